The van der Waals surface area contributed by atoms with Gasteiger partial charge in [-0.15, -0.1) is 0 Å². The highest BCUT2D eigenvalue weighted by atomic mass is 32.2. The number of carbonyl (C=O) groups is 1. The number of rotatable bonds is 8. The molecular weight excluding hydrogens is 364 g/mol. The van der Waals surface area contributed by atoms with E-state index in [-0.39, 0.29) is 5.91 Å². The number of amides is 1. The number of carbonyl (C=O) groups excluding carboxylic acids is 1. The first-order chi connectivity index (χ1) is 12.7. The minimum atomic E-state index is -3.32. The van der Waals surface area contributed by atoms with Crippen molar-refractivity contribution in [2.75, 3.05) is 17.6 Å². The molecule has 1 amide bonds. The molecule has 2 aromatic rings. The molecule has 0 aliphatic rings. The minimum Gasteiger partial charge on any atom is -0.481 e. The molecule has 0 saturated carbocycles. The molecular formula is C20H26N2O4S. The Morgan fingerprint density at radius 1 is 1.19 bits per heavy atom. The number of hydrogen-bond donors (Lipinski definition) is 1. The Labute approximate surface area is 161 Å². The maximum atomic E-state index is 12.4. The van der Waals surface area contributed by atoms with Gasteiger partial charge in [0.1, 0.15) is 5.75 Å². The number of nitrogens with zero attached hydrogens (tertiary/aromatic N) is 1. The van der Waals surface area contributed by atoms with Crippen LogP contribution in [-0.4, -0.2) is 33.7 Å². The summed E-state index contributed by atoms with van der Waals surface area (Å²) < 4.78 is 30.1. The lowest BCUT2D eigenvalue weighted by Gasteiger charge is -2.19. The van der Waals surface area contributed by atoms with Crippen LogP contribution in [0.2, 0.25) is 0 Å². The second kappa shape index (κ2) is 8.90. The Morgan fingerprint density at radius 3 is 2.41 bits per heavy atom. The van der Waals surface area contributed by atoms with Gasteiger partial charge in [0, 0.05) is 13.6 Å². The molecule has 146 valence electrons. The minimum absolute atomic E-state index is 0.184. The molecule has 0 aliphatic carbocycles. The summed E-state index contributed by atoms with van der Waals surface area (Å²) in [7, 11) is -1.83. The van der Waals surface area contributed by atoms with E-state index < -0.39 is 16.1 Å². The molecule has 2 rings (SSSR count). The summed E-state index contributed by atoms with van der Waals surface area (Å²) in [5.41, 5.74) is 2.71. The monoisotopic (exact) mass is 390 g/mol. The van der Waals surface area contributed by atoms with E-state index in [0.29, 0.717) is 24.4 Å². The normalized spacial score (nSPS) is 12.3. The Morgan fingerprint density at radius 2 is 1.85 bits per heavy atom. The molecule has 0 bridgehead atoms. The Kier molecular flexibility index (Phi) is 6.85. The Bertz CT molecular complexity index is 879. The van der Waals surface area contributed by atoms with E-state index in [1.807, 2.05) is 38.1 Å². The van der Waals surface area contributed by atoms with Crippen LogP contribution in [0.4, 0.5) is 5.69 Å². The lowest BCUT2D eigenvalue weighted by molar-refractivity contribution is -0.128. The van der Waals surface area contributed by atoms with Crippen molar-refractivity contribution >= 4 is 21.6 Å². The summed E-state index contributed by atoms with van der Waals surface area (Å²) in [6.07, 6.45) is 1.04. The van der Waals surface area contributed by atoms with E-state index in [9.17, 15) is 13.2 Å². The van der Waals surface area contributed by atoms with Crippen molar-refractivity contribution in [3.63, 3.8) is 0 Å². The van der Waals surface area contributed by atoms with E-state index in [0.717, 1.165) is 17.4 Å². The van der Waals surface area contributed by atoms with Crippen molar-refractivity contribution < 1.29 is 17.9 Å². The fraction of sp³-hybridized carbons (Fsp3) is 0.350. The smallest absolute Gasteiger partial charge is 0.261 e. The molecule has 0 unspecified atom stereocenters. The fourth-order valence-electron chi connectivity index (χ4n) is 2.54. The lowest BCUT2D eigenvalue weighted by atomic mass is 10.1. The summed E-state index contributed by atoms with van der Waals surface area (Å²) in [6, 6.07) is 14.6. The van der Waals surface area contributed by atoms with Gasteiger partial charge in [0.25, 0.3) is 5.91 Å². The largest absolute Gasteiger partial charge is 0.481 e. The first-order valence-electron chi connectivity index (χ1n) is 8.74. The van der Waals surface area contributed by atoms with Crippen LogP contribution in [0, 0.1) is 6.92 Å². The van der Waals surface area contributed by atoms with Crippen molar-refractivity contribution in [1.29, 1.82) is 0 Å². The van der Waals surface area contributed by atoms with E-state index >= 15 is 0 Å². The summed E-state index contributed by atoms with van der Waals surface area (Å²) >= 11 is 0. The number of aryl methyl sites for hydroxylation is 1. The van der Waals surface area contributed by atoms with Gasteiger partial charge >= 0.3 is 0 Å². The van der Waals surface area contributed by atoms with Crippen LogP contribution in [0.5, 0.6) is 5.75 Å². The van der Waals surface area contributed by atoms with Crippen LogP contribution in [-0.2, 0) is 21.4 Å². The molecule has 1 N–H and O–H groups in total. The first-order valence-corrected chi connectivity index (χ1v) is 10.6. The van der Waals surface area contributed by atoms with Crippen LogP contribution in [0.1, 0.15) is 24.5 Å². The van der Waals surface area contributed by atoms with E-state index in [4.69, 9.17) is 4.74 Å². The van der Waals surface area contributed by atoms with Gasteiger partial charge in [-0.25, -0.2) is 8.42 Å². The summed E-state index contributed by atoms with van der Waals surface area (Å²) in [5.74, 6) is 0.328. The molecule has 1 atom stereocenters. The zero-order chi connectivity index (χ0) is 20.0. The average Bonchev–Trinajstić information content (AvgIpc) is 2.63. The maximum absolute atomic E-state index is 12.4. The van der Waals surface area contributed by atoms with Crippen LogP contribution >= 0.6 is 0 Å². The molecule has 6 nitrogen and oxygen atoms in total. The molecule has 0 spiro atoms. The third kappa shape index (κ3) is 5.99. The predicted octanol–water partition coefficient (Wildman–Crippen LogP) is 2.86. The van der Waals surface area contributed by atoms with Gasteiger partial charge in [0.2, 0.25) is 10.0 Å². The average molecular weight is 391 g/mol. The quantitative estimate of drug-likeness (QED) is 0.752. The predicted molar refractivity (Wildman–Crippen MR) is 107 cm³/mol. The summed E-state index contributed by atoms with van der Waals surface area (Å²) in [5, 5.41) is 2.90. The van der Waals surface area contributed by atoms with Crippen molar-refractivity contribution in [2.45, 2.75) is 32.9 Å². The van der Waals surface area contributed by atoms with Crippen molar-refractivity contribution in [2.24, 2.45) is 0 Å². The molecule has 0 aliphatic heterocycles. The zero-order valence-electron chi connectivity index (χ0n) is 16.1. The van der Waals surface area contributed by atoms with Gasteiger partial charge in [-0.1, -0.05) is 36.8 Å². The SMILES string of the molecule is CC[C@@H](Oc1ccc(N(C)S(C)(=O)=O)cc1)C(=O)NCc1cccc(C)c1. The summed E-state index contributed by atoms with van der Waals surface area (Å²) in [4.78, 5) is 12.4. The van der Waals surface area contributed by atoms with Gasteiger partial charge in [-0.2, -0.15) is 0 Å². The first kappa shape index (κ1) is 20.8. The van der Waals surface area contributed by atoms with Gasteiger partial charge in [-0.3, -0.25) is 9.10 Å². The fourth-order valence-corrected chi connectivity index (χ4v) is 3.04. The van der Waals surface area contributed by atoms with Crippen molar-refractivity contribution in [3.8, 4) is 5.75 Å². The number of anilines is 1. The van der Waals surface area contributed by atoms with Gasteiger partial charge in [-0.05, 0) is 43.2 Å². The molecule has 0 aromatic heterocycles. The molecule has 2 aromatic carbocycles. The highest BCUT2D eigenvalue weighted by molar-refractivity contribution is 7.92. The van der Waals surface area contributed by atoms with E-state index in [1.165, 1.54) is 11.4 Å². The Hall–Kier alpha value is -2.54. The second-order valence-corrected chi connectivity index (χ2v) is 8.46. The second-order valence-electron chi connectivity index (χ2n) is 6.45. The molecule has 27 heavy (non-hydrogen) atoms. The number of hydrogen-bond acceptors (Lipinski definition) is 4. The summed E-state index contributed by atoms with van der Waals surface area (Å²) in [6.45, 7) is 4.33. The zero-order valence-corrected chi connectivity index (χ0v) is 16.9. The third-order valence-corrected chi connectivity index (χ3v) is 5.39. The number of nitrogens with one attached hydrogen (secondary N) is 1. The highest BCUT2D eigenvalue weighted by Crippen LogP contribution is 2.21. The number of ether oxygens (including phenoxy) is 1. The molecule has 7 heteroatoms. The highest BCUT2D eigenvalue weighted by Gasteiger charge is 2.18. The Balaban J connectivity index is 1.98. The van der Waals surface area contributed by atoms with Gasteiger partial charge in [0.15, 0.2) is 6.10 Å². The molecule has 0 radical (unpaired) electrons. The van der Waals surface area contributed by atoms with E-state index in [2.05, 4.69) is 5.32 Å². The molecule has 0 saturated heterocycles. The van der Waals surface area contributed by atoms with Gasteiger partial charge in [0.05, 0.1) is 11.9 Å². The van der Waals surface area contributed by atoms with E-state index in [1.54, 1.807) is 24.3 Å². The van der Waals surface area contributed by atoms with Crippen LogP contribution < -0.4 is 14.4 Å². The van der Waals surface area contributed by atoms with Gasteiger partial charge < -0.3 is 10.1 Å². The van der Waals surface area contributed by atoms with Crippen LogP contribution in [0.3, 0.4) is 0 Å². The standard InChI is InChI=1S/C20H26N2O4S/c1-5-19(20(23)21-14-16-8-6-7-15(2)13-16)26-18-11-9-17(10-12-18)22(3)27(4,24)25/h6-13,19H,5,14H2,1-4H3,(H,21,23)/t19-/m1/s1. The number of sulfonamides is 1. The number of benzene rings is 2. The van der Waals surface area contributed by atoms with Crippen LogP contribution in [0.25, 0.3) is 0 Å². The molecule has 0 heterocycles. The van der Waals surface area contributed by atoms with Crippen molar-refractivity contribution in [3.05, 3.63) is 59.7 Å². The van der Waals surface area contributed by atoms with Crippen LogP contribution in [0.15, 0.2) is 48.5 Å². The molecule has 0 fully saturated rings. The topological polar surface area (TPSA) is 75.7 Å². The van der Waals surface area contributed by atoms with Crippen molar-refractivity contribution in [1.82, 2.24) is 5.32 Å². The third-order valence-electron chi connectivity index (χ3n) is 4.19. The lowest BCUT2D eigenvalue weighted by Crippen LogP contribution is -2.37. The maximum Gasteiger partial charge on any atom is 0.261 e.